The molecule has 1 aliphatic heterocycles. The van der Waals surface area contributed by atoms with E-state index in [2.05, 4.69) is 28.9 Å². The average Bonchev–Trinajstić information content (AvgIpc) is 2.68. The molecule has 92 valence electrons. The van der Waals surface area contributed by atoms with Crippen LogP contribution in [0.25, 0.3) is 0 Å². The smallest absolute Gasteiger partial charge is 0.190 e. The van der Waals surface area contributed by atoms with Crippen molar-refractivity contribution >= 4 is 11.5 Å². The highest BCUT2D eigenvalue weighted by molar-refractivity contribution is 6.00. The van der Waals surface area contributed by atoms with Crippen LogP contribution < -0.4 is 10.6 Å². The van der Waals surface area contributed by atoms with Crippen LogP contribution in [0.15, 0.2) is 23.5 Å². The topological polar surface area (TPSA) is 74.7 Å². The fourth-order valence-electron chi connectivity index (χ4n) is 2.41. The number of hydrogen-bond donors (Lipinski definition) is 2. The molecule has 0 bridgehead atoms. The van der Waals surface area contributed by atoms with E-state index in [9.17, 15) is 0 Å². The zero-order valence-electron chi connectivity index (χ0n) is 10.2. The molecule has 1 aromatic rings. The quantitative estimate of drug-likeness (QED) is 0.352. The monoisotopic (exact) mass is 234 g/mol. The van der Waals surface area contributed by atoms with Gasteiger partial charge in [0.1, 0.15) is 5.69 Å². The molecule has 0 radical (unpaired) electrons. The second-order valence-electron chi connectivity index (χ2n) is 4.92. The van der Waals surface area contributed by atoms with Crippen LogP contribution in [0.4, 0.5) is 5.69 Å². The minimum absolute atomic E-state index is 0.0586. The van der Waals surface area contributed by atoms with E-state index < -0.39 is 0 Å². The van der Waals surface area contributed by atoms with E-state index in [1.54, 1.807) is 6.20 Å². The maximum atomic E-state index is 8.79. The van der Waals surface area contributed by atoms with Crippen LogP contribution in [0.2, 0.25) is 0 Å². The van der Waals surface area contributed by atoms with Crippen molar-refractivity contribution in [3.8, 4) is 0 Å². The lowest BCUT2D eigenvalue weighted by molar-refractivity contribution is 0.318. The maximum absolute atomic E-state index is 8.79. The Morgan fingerprint density at radius 3 is 2.94 bits per heavy atom. The first-order chi connectivity index (χ1) is 8.06. The van der Waals surface area contributed by atoms with Crippen molar-refractivity contribution in [3.63, 3.8) is 0 Å². The van der Waals surface area contributed by atoms with E-state index in [-0.39, 0.29) is 11.4 Å². The van der Waals surface area contributed by atoms with Crippen molar-refractivity contribution in [2.24, 2.45) is 10.9 Å². The molecule has 1 fully saturated rings. The van der Waals surface area contributed by atoms with E-state index in [1.165, 1.54) is 0 Å². The third-order valence-electron chi connectivity index (χ3n) is 3.33. The first-order valence-electron chi connectivity index (χ1n) is 5.77. The third kappa shape index (κ3) is 2.05. The molecule has 0 spiro atoms. The van der Waals surface area contributed by atoms with Crippen LogP contribution in [0.5, 0.6) is 0 Å². The summed E-state index contributed by atoms with van der Waals surface area (Å²) in [6, 6.07) is 3.84. The second-order valence-corrected chi connectivity index (χ2v) is 4.92. The maximum Gasteiger partial charge on any atom is 0.190 e. The van der Waals surface area contributed by atoms with Gasteiger partial charge in [-0.1, -0.05) is 5.16 Å². The van der Waals surface area contributed by atoms with Crippen molar-refractivity contribution in [3.05, 3.63) is 24.0 Å². The largest absolute Gasteiger partial charge is 0.409 e. The molecule has 0 saturated carbocycles. The first kappa shape index (κ1) is 11.7. The molecule has 5 nitrogen and oxygen atoms in total. The predicted molar refractivity (Wildman–Crippen MR) is 67.4 cm³/mol. The van der Waals surface area contributed by atoms with Gasteiger partial charge in [-0.05, 0) is 38.8 Å². The zero-order valence-corrected chi connectivity index (χ0v) is 10.2. The molecule has 0 unspecified atom stereocenters. The van der Waals surface area contributed by atoms with E-state index in [0.717, 1.165) is 25.1 Å². The van der Waals surface area contributed by atoms with Crippen LogP contribution in [0.3, 0.4) is 0 Å². The molecule has 2 heterocycles. The van der Waals surface area contributed by atoms with Gasteiger partial charge in [0.15, 0.2) is 5.84 Å². The van der Waals surface area contributed by atoms with Crippen molar-refractivity contribution in [1.82, 2.24) is 4.98 Å². The van der Waals surface area contributed by atoms with Gasteiger partial charge >= 0.3 is 0 Å². The molecule has 0 atom stereocenters. The van der Waals surface area contributed by atoms with Gasteiger partial charge in [-0.15, -0.1) is 0 Å². The number of hydrogen-bond acceptors (Lipinski definition) is 4. The Bertz CT molecular complexity index is 442. The van der Waals surface area contributed by atoms with Gasteiger partial charge in [-0.2, -0.15) is 0 Å². The van der Waals surface area contributed by atoms with Crippen molar-refractivity contribution in [2.75, 3.05) is 11.4 Å². The van der Waals surface area contributed by atoms with E-state index in [1.807, 2.05) is 12.1 Å². The molecule has 3 N–H and O–H groups in total. The number of pyridine rings is 1. The summed E-state index contributed by atoms with van der Waals surface area (Å²) in [5.74, 6) is 0.0586. The Morgan fingerprint density at radius 2 is 2.35 bits per heavy atom. The standard InChI is InChI=1S/C12H18N4O/c1-12(2)6-4-8-16(12)9-5-3-7-14-10(9)11(13)15-17/h3,5,7,17H,4,6,8H2,1-2H3,(H2,13,15). The van der Waals surface area contributed by atoms with Crippen molar-refractivity contribution in [2.45, 2.75) is 32.2 Å². The molecular weight excluding hydrogens is 216 g/mol. The van der Waals surface area contributed by atoms with E-state index in [4.69, 9.17) is 10.9 Å². The predicted octanol–water partition coefficient (Wildman–Crippen LogP) is 1.55. The van der Waals surface area contributed by atoms with Gasteiger partial charge in [-0.3, -0.25) is 4.98 Å². The summed E-state index contributed by atoms with van der Waals surface area (Å²) in [6.07, 6.45) is 3.94. The molecular formula is C12H18N4O. The summed E-state index contributed by atoms with van der Waals surface area (Å²) in [6.45, 7) is 5.37. The lowest BCUT2D eigenvalue weighted by atomic mass is 10.0. The van der Waals surface area contributed by atoms with E-state index in [0.29, 0.717) is 5.69 Å². The molecule has 5 heteroatoms. The van der Waals surface area contributed by atoms with Gasteiger partial charge in [0.2, 0.25) is 0 Å². The highest BCUT2D eigenvalue weighted by Crippen LogP contribution is 2.34. The summed E-state index contributed by atoms with van der Waals surface area (Å²) < 4.78 is 0. The summed E-state index contributed by atoms with van der Waals surface area (Å²) in [5, 5.41) is 11.8. The van der Waals surface area contributed by atoms with Crippen LogP contribution in [0.1, 0.15) is 32.4 Å². The number of aromatic nitrogens is 1. The van der Waals surface area contributed by atoms with Gasteiger partial charge < -0.3 is 15.8 Å². The lowest BCUT2D eigenvalue weighted by Crippen LogP contribution is -2.39. The molecule has 1 aliphatic rings. The Kier molecular flexibility index (Phi) is 2.92. The van der Waals surface area contributed by atoms with Crippen molar-refractivity contribution < 1.29 is 5.21 Å². The highest BCUT2D eigenvalue weighted by atomic mass is 16.4. The number of oxime groups is 1. The van der Waals surface area contributed by atoms with Crippen LogP contribution in [-0.2, 0) is 0 Å². The Balaban J connectivity index is 2.45. The summed E-state index contributed by atoms with van der Waals surface area (Å²) in [7, 11) is 0. The van der Waals surface area contributed by atoms with Crippen molar-refractivity contribution in [1.29, 1.82) is 0 Å². The molecule has 2 rings (SSSR count). The average molecular weight is 234 g/mol. The van der Waals surface area contributed by atoms with Crippen LogP contribution >= 0.6 is 0 Å². The Hall–Kier alpha value is -1.78. The van der Waals surface area contributed by atoms with Gasteiger partial charge in [0.25, 0.3) is 0 Å². The fraction of sp³-hybridized carbons (Fsp3) is 0.500. The molecule has 0 aliphatic carbocycles. The third-order valence-corrected chi connectivity index (χ3v) is 3.33. The number of nitrogens with zero attached hydrogens (tertiary/aromatic N) is 3. The number of anilines is 1. The minimum Gasteiger partial charge on any atom is -0.409 e. The fourth-order valence-corrected chi connectivity index (χ4v) is 2.41. The van der Waals surface area contributed by atoms with Gasteiger partial charge in [-0.25, -0.2) is 0 Å². The first-order valence-corrected chi connectivity index (χ1v) is 5.77. The second kappa shape index (κ2) is 4.24. The molecule has 1 saturated heterocycles. The van der Waals surface area contributed by atoms with Gasteiger partial charge in [0, 0.05) is 18.3 Å². The molecule has 17 heavy (non-hydrogen) atoms. The molecule has 0 amide bonds. The van der Waals surface area contributed by atoms with Crippen LogP contribution in [0, 0.1) is 0 Å². The zero-order chi connectivity index (χ0) is 12.5. The Morgan fingerprint density at radius 1 is 1.59 bits per heavy atom. The summed E-state index contributed by atoms with van der Waals surface area (Å²) in [4.78, 5) is 6.47. The normalized spacial score (nSPS) is 19.6. The van der Waals surface area contributed by atoms with Crippen LogP contribution in [-0.4, -0.2) is 28.1 Å². The summed E-state index contributed by atoms with van der Waals surface area (Å²) in [5.41, 5.74) is 7.23. The molecule has 0 aromatic carbocycles. The summed E-state index contributed by atoms with van der Waals surface area (Å²) >= 11 is 0. The Labute approximate surface area is 101 Å². The number of amidine groups is 1. The minimum atomic E-state index is 0.0586. The number of nitrogens with two attached hydrogens (primary N) is 1. The molecule has 1 aromatic heterocycles. The number of rotatable bonds is 2. The van der Waals surface area contributed by atoms with Gasteiger partial charge in [0.05, 0.1) is 5.69 Å². The SMILES string of the molecule is CC1(C)CCCN1c1cccnc1/C(N)=N/O. The lowest BCUT2D eigenvalue weighted by Gasteiger charge is -2.34. The van der Waals surface area contributed by atoms with E-state index >= 15 is 0 Å². The highest BCUT2D eigenvalue weighted by Gasteiger charge is 2.33.